The Balaban J connectivity index is 2.07. The first-order chi connectivity index (χ1) is 9.27. The molecular formula is C15H22FNO2. The minimum Gasteiger partial charge on any atom is -0.383 e. The lowest BCUT2D eigenvalue weighted by Crippen LogP contribution is -2.43. The standard InChI is InChI=1S/C15H22FNO2/c1-18-11-8-17-12-15(6-9-19-10-7-15)13-2-4-14(16)5-3-13/h2-5,17H,6-12H2,1H3. The maximum absolute atomic E-state index is 13.1. The van der Waals surface area contributed by atoms with E-state index in [4.69, 9.17) is 9.47 Å². The highest BCUT2D eigenvalue weighted by Crippen LogP contribution is 2.34. The summed E-state index contributed by atoms with van der Waals surface area (Å²) in [5.74, 6) is -0.182. The minimum atomic E-state index is -0.182. The van der Waals surface area contributed by atoms with Crippen molar-refractivity contribution in [1.29, 1.82) is 0 Å². The Morgan fingerprint density at radius 1 is 1.26 bits per heavy atom. The molecule has 1 aromatic rings. The lowest BCUT2D eigenvalue weighted by Gasteiger charge is -2.38. The van der Waals surface area contributed by atoms with Gasteiger partial charge in [0.2, 0.25) is 0 Å². The molecule has 0 radical (unpaired) electrons. The van der Waals surface area contributed by atoms with E-state index in [-0.39, 0.29) is 11.2 Å². The van der Waals surface area contributed by atoms with Crippen LogP contribution in [0.3, 0.4) is 0 Å². The van der Waals surface area contributed by atoms with Gasteiger partial charge in [-0.05, 0) is 30.5 Å². The largest absolute Gasteiger partial charge is 0.383 e. The molecule has 3 nitrogen and oxygen atoms in total. The summed E-state index contributed by atoms with van der Waals surface area (Å²) in [5, 5.41) is 3.44. The highest BCUT2D eigenvalue weighted by Gasteiger charge is 2.33. The number of nitrogens with one attached hydrogen (secondary N) is 1. The molecule has 1 fully saturated rings. The second-order valence-electron chi connectivity index (χ2n) is 5.07. The van der Waals surface area contributed by atoms with Crippen molar-refractivity contribution >= 4 is 0 Å². The maximum Gasteiger partial charge on any atom is 0.123 e. The van der Waals surface area contributed by atoms with Gasteiger partial charge in [0.25, 0.3) is 0 Å². The average molecular weight is 267 g/mol. The van der Waals surface area contributed by atoms with Crippen molar-refractivity contribution in [2.45, 2.75) is 18.3 Å². The van der Waals surface area contributed by atoms with Gasteiger partial charge in [0, 0.05) is 38.8 Å². The zero-order valence-corrected chi connectivity index (χ0v) is 11.5. The molecule has 106 valence electrons. The predicted octanol–water partition coefficient (Wildman–Crippen LogP) is 2.11. The number of methoxy groups -OCH3 is 1. The summed E-state index contributed by atoms with van der Waals surface area (Å²) in [5.41, 5.74) is 1.25. The number of ether oxygens (including phenoxy) is 2. The zero-order chi connectivity index (χ0) is 13.6. The Labute approximate surface area is 114 Å². The van der Waals surface area contributed by atoms with E-state index < -0.39 is 0 Å². The van der Waals surface area contributed by atoms with Crippen molar-refractivity contribution in [3.8, 4) is 0 Å². The Morgan fingerprint density at radius 3 is 2.58 bits per heavy atom. The van der Waals surface area contributed by atoms with Crippen LogP contribution in [0.5, 0.6) is 0 Å². The number of hydrogen-bond donors (Lipinski definition) is 1. The summed E-state index contributed by atoms with van der Waals surface area (Å²) in [4.78, 5) is 0. The molecule has 1 aliphatic rings. The van der Waals surface area contributed by atoms with Crippen molar-refractivity contribution in [2.24, 2.45) is 0 Å². The molecule has 19 heavy (non-hydrogen) atoms. The van der Waals surface area contributed by atoms with E-state index in [2.05, 4.69) is 5.32 Å². The molecule has 0 aliphatic carbocycles. The van der Waals surface area contributed by atoms with Gasteiger partial charge in [0.05, 0.1) is 6.61 Å². The van der Waals surface area contributed by atoms with Crippen LogP contribution >= 0.6 is 0 Å². The average Bonchev–Trinajstić information content (AvgIpc) is 2.45. The minimum absolute atomic E-state index is 0.0552. The molecule has 1 heterocycles. The van der Waals surface area contributed by atoms with Crippen molar-refractivity contribution in [1.82, 2.24) is 5.32 Å². The molecule has 0 spiro atoms. The summed E-state index contributed by atoms with van der Waals surface area (Å²) >= 11 is 0. The number of halogens is 1. The van der Waals surface area contributed by atoms with Gasteiger partial charge in [0.15, 0.2) is 0 Å². The lowest BCUT2D eigenvalue weighted by atomic mass is 9.74. The topological polar surface area (TPSA) is 30.5 Å². The van der Waals surface area contributed by atoms with Crippen LogP contribution in [0.2, 0.25) is 0 Å². The third-order valence-corrected chi connectivity index (χ3v) is 3.85. The molecule has 0 amide bonds. The summed E-state index contributed by atoms with van der Waals surface area (Å²) in [7, 11) is 1.70. The van der Waals surface area contributed by atoms with Crippen molar-refractivity contribution in [3.05, 3.63) is 35.6 Å². The first kappa shape index (κ1) is 14.4. The van der Waals surface area contributed by atoms with Crippen LogP contribution in [-0.2, 0) is 14.9 Å². The number of hydrogen-bond acceptors (Lipinski definition) is 3. The molecule has 1 aromatic carbocycles. The number of rotatable bonds is 6. The van der Waals surface area contributed by atoms with Gasteiger partial charge in [-0.25, -0.2) is 4.39 Å². The summed E-state index contributed by atoms with van der Waals surface area (Å²) in [6.45, 7) is 3.95. The van der Waals surface area contributed by atoms with E-state index >= 15 is 0 Å². The normalized spacial score (nSPS) is 18.4. The number of benzene rings is 1. The molecule has 0 saturated carbocycles. The quantitative estimate of drug-likeness (QED) is 0.801. The van der Waals surface area contributed by atoms with Gasteiger partial charge in [-0.15, -0.1) is 0 Å². The van der Waals surface area contributed by atoms with E-state index in [0.29, 0.717) is 6.61 Å². The third kappa shape index (κ3) is 3.75. The Bertz CT molecular complexity index is 374. The fraction of sp³-hybridized carbons (Fsp3) is 0.600. The summed E-state index contributed by atoms with van der Waals surface area (Å²) in [6.07, 6.45) is 1.94. The van der Waals surface area contributed by atoms with Crippen molar-refractivity contribution in [3.63, 3.8) is 0 Å². The summed E-state index contributed by atoms with van der Waals surface area (Å²) < 4.78 is 23.6. The Hall–Kier alpha value is -0.970. The van der Waals surface area contributed by atoms with Gasteiger partial charge in [-0.3, -0.25) is 0 Å². The van der Waals surface area contributed by atoms with Crippen LogP contribution < -0.4 is 5.32 Å². The highest BCUT2D eigenvalue weighted by molar-refractivity contribution is 5.27. The van der Waals surface area contributed by atoms with Crippen LogP contribution in [-0.4, -0.2) is 40.0 Å². The molecule has 4 heteroatoms. The molecule has 0 bridgehead atoms. The SMILES string of the molecule is COCCNCC1(c2ccc(F)cc2)CCOCC1. The molecule has 0 aromatic heterocycles. The lowest BCUT2D eigenvalue weighted by molar-refractivity contribution is 0.0492. The third-order valence-electron chi connectivity index (χ3n) is 3.85. The molecule has 1 aliphatic heterocycles. The summed E-state index contributed by atoms with van der Waals surface area (Å²) in [6, 6.07) is 6.89. The smallest absolute Gasteiger partial charge is 0.123 e. The molecule has 1 saturated heterocycles. The monoisotopic (exact) mass is 267 g/mol. The van der Waals surface area contributed by atoms with Gasteiger partial charge < -0.3 is 14.8 Å². The predicted molar refractivity (Wildman–Crippen MR) is 72.9 cm³/mol. The van der Waals surface area contributed by atoms with Crippen LogP contribution in [0.4, 0.5) is 4.39 Å². The first-order valence-electron chi connectivity index (χ1n) is 6.80. The van der Waals surface area contributed by atoms with E-state index in [1.54, 1.807) is 19.2 Å². The van der Waals surface area contributed by atoms with E-state index in [1.807, 2.05) is 12.1 Å². The van der Waals surface area contributed by atoms with Crippen LogP contribution in [0, 0.1) is 5.82 Å². The maximum atomic E-state index is 13.1. The zero-order valence-electron chi connectivity index (χ0n) is 11.5. The second kappa shape index (κ2) is 6.98. The molecular weight excluding hydrogens is 245 g/mol. The van der Waals surface area contributed by atoms with E-state index in [9.17, 15) is 4.39 Å². The fourth-order valence-corrected chi connectivity index (χ4v) is 2.63. The van der Waals surface area contributed by atoms with Crippen molar-refractivity contribution < 1.29 is 13.9 Å². The fourth-order valence-electron chi connectivity index (χ4n) is 2.63. The molecule has 0 atom stereocenters. The highest BCUT2D eigenvalue weighted by atomic mass is 19.1. The van der Waals surface area contributed by atoms with Crippen LogP contribution in [0.15, 0.2) is 24.3 Å². The van der Waals surface area contributed by atoms with E-state index in [1.165, 1.54) is 5.56 Å². The molecule has 1 N–H and O–H groups in total. The first-order valence-corrected chi connectivity index (χ1v) is 6.80. The van der Waals surface area contributed by atoms with Gasteiger partial charge in [0.1, 0.15) is 5.82 Å². The van der Waals surface area contributed by atoms with Gasteiger partial charge in [-0.1, -0.05) is 12.1 Å². The Kier molecular flexibility index (Phi) is 5.31. The Morgan fingerprint density at radius 2 is 1.95 bits per heavy atom. The molecule has 0 unspecified atom stereocenters. The van der Waals surface area contributed by atoms with Crippen LogP contribution in [0.25, 0.3) is 0 Å². The van der Waals surface area contributed by atoms with Crippen LogP contribution in [0.1, 0.15) is 18.4 Å². The van der Waals surface area contributed by atoms with Gasteiger partial charge >= 0.3 is 0 Å². The second-order valence-corrected chi connectivity index (χ2v) is 5.07. The van der Waals surface area contributed by atoms with Crippen molar-refractivity contribution in [2.75, 3.05) is 40.0 Å². The van der Waals surface area contributed by atoms with E-state index in [0.717, 1.165) is 39.1 Å². The molecule has 2 rings (SSSR count). The van der Waals surface area contributed by atoms with Gasteiger partial charge in [-0.2, -0.15) is 0 Å².